The summed E-state index contributed by atoms with van der Waals surface area (Å²) in [6, 6.07) is 11.9. The number of hydrogen-bond donors (Lipinski definition) is 1. The number of rotatable bonds is 5. The lowest BCUT2D eigenvalue weighted by Gasteiger charge is -2.13. The largest absolute Gasteiger partial charge is 0.494 e. The fourth-order valence-corrected chi connectivity index (χ4v) is 1.67. The first-order valence-electron chi connectivity index (χ1n) is 5.82. The fourth-order valence-electron chi connectivity index (χ4n) is 1.67. The Bertz CT molecular complexity index is 434. The number of benzene rings is 1. The molecule has 0 aliphatic heterocycles. The van der Waals surface area contributed by atoms with Gasteiger partial charge >= 0.3 is 0 Å². The highest BCUT2D eigenvalue weighted by molar-refractivity contribution is 5.47. The van der Waals surface area contributed by atoms with Crippen molar-refractivity contribution in [2.24, 2.45) is 0 Å². The molecule has 1 atom stereocenters. The van der Waals surface area contributed by atoms with E-state index in [0.29, 0.717) is 6.61 Å². The van der Waals surface area contributed by atoms with Crippen LogP contribution in [0.25, 0.3) is 0 Å². The summed E-state index contributed by atoms with van der Waals surface area (Å²) in [6.07, 6.45) is 1.69. The number of furan rings is 1. The van der Waals surface area contributed by atoms with Crippen LogP contribution < -0.4 is 10.1 Å². The Morgan fingerprint density at radius 2 is 2.00 bits per heavy atom. The molecule has 1 heterocycles. The van der Waals surface area contributed by atoms with Crippen LogP contribution in [0.4, 0.5) is 5.69 Å². The Balaban J connectivity index is 1.99. The van der Waals surface area contributed by atoms with Crippen LogP contribution in [0, 0.1) is 0 Å². The average Bonchev–Trinajstić information content (AvgIpc) is 2.86. The molecule has 1 aromatic heterocycles. The molecule has 0 bridgehead atoms. The van der Waals surface area contributed by atoms with Crippen molar-refractivity contribution in [3.05, 3.63) is 48.4 Å². The molecule has 0 amide bonds. The van der Waals surface area contributed by atoms with Crippen LogP contribution in [0.5, 0.6) is 5.75 Å². The molecular weight excluding hydrogens is 214 g/mol. The summed E-state index contributed by atoms with van der Waals surface area (Å²) in [5.74, 6) is 1.82. The van der Waals surface area contributed by atoms with Crippen molar-refractivity contribution in [3.8, 4) is 5.75 Å². The molecule has 1 unspecified atom stereocenters. The van der Waals surface area contributed by atoms with E-state index in [1.54, 1.807) is 6.26 Å². The van der Waals surface area contributed by atoms with E-state index in [2.05, 4.69) is 12.2 Å². The molecule has 2 aromatic rings. The van der Waals surface area contributed by atoms with E-state index in [4.69, 9.17) is 9.15 Å². The third-order valence-corrected chi connectivity index (χ3v) is 2.52. The lowest BCUT2D eigenvalue weighted by Crippen LogP contribution is -2.05. The van der Waals surface area contributed by atoms with Gasteiger partial charge in [0.1, 0.15) is 11.5 Å². The summed E-state index contributed by atoms with van der Waals surface area (Å²) in [4.78, 5) is 0. The second-order valence-electron chi connectivity index (χ2n) is 3.84. The maximum absolute atomic E-state index is 5.39. The summed E-state index contributed by atoms with van der Waals surface area (Å²) in [5.41, 5.74) is 1.05. The molecule has 1 N–H and O–H groups in total. The first kappa shape index (κ1) is 11.6. The van der Waals surface area contributed by atoms with E-state index < -0.39 is 0 Å². The van der Waals surface area contributed by atoms with Gasteiger partial charge in [0.05, 0.1) is 18.9 Å². The van der Waals surface area contributed by atoms with Gasteiger partial charge in [-0.3, -0.25) is 0 Å². The smallest absolute Gasteiger partial charge is 0.125 e. The summed E-state index contributed by atoms with van der Waals surface area (Å²) in [5, 5.41) is 3.36. The molecule has 3 nitrogen and oxygen atoms in total. The molecule has 3 heteroatoms. The molecule has 0 saturated carbocycles. The molecule has 90 valence electrons. The van der Waals surface area contributed by atoms with Crippen LogP contribution in [0.1, 0.15) is 25.6 Å². The van der Waals surface area contributed by atoms with Crippen molar-refractivity contribution < 1.29 is 9.15 Å². The molecular formula is C14H17NO2. The van der Waals surface area contributed by atoms with Gasteiger partial charge in [-0.05, 0) is 50.2 Å². The summed E-state index contributed by atoms with van der Waals surface area (Å²) in [6.45, 7) is 4.73. The van der Waals surface area contributed by atoms with Crippen molar-refractivity contribution >= 4 is 5.69 Å². The van der Waals surface area contributed by atoms with Gasteiger partial charge in [-0.25, -0.2) is 0 Å². The van der Waals surface area contributed by atoms with Crippen molar-refractivity contribution in [3.63, 3.8) is 0 Å². The van der Waals surface area contributed by atoms with Gasteiger partial charge in [0, 0.05) is 5.69 Å². The van der Waals surface area contributed by atoms with Gasteiger partial charge in [0.2, 0.25) is 0 Å². The molecule has 0 fully saturated rings. The van der Waals surface area contributed by atoms with E-state index in [9.17, 15) is 0 Å². The summed E-state index contributed by atoms with van der Waals surface area (Å²) >= 11 is 0. The highest BCUT2D eigenvalue weighted by Crippen LogP contribution is 2.21. The van der Waals surface area contributed by atoms with Gasteiger partial charge in [0.25, 0.3) is 0 Å². The van der Waals surface area contributed by atoms with Crippen LogP contribution in [0.15, 0.2) is 47.1 Å². The maximum Gasteiger partial charge on any atom is 0.125 e. The molecule has 0 saturated heterocycles. The normalized spacial score (nSPS) is 12.1. The topological polar surface area (TPSA) is 34.4 Å². The lowest BCUT2D eigenvalue weighted by molar-refractivity contribution is 0.340. The van der Waals surface area contributed by atoms with Crippen molar-refractivity contribution in [1.82, 2.24) is 0 Å². The van der Waals surface area contributed by atoms with E-state index in [0.717, 1.165) is 17.2 Å². The molecule has 0 aliphatic carbocycles. The molecule has 0 radical (unpaired) electrons. The number of anilines is 1. The SMILES string of the molecule is CCOc1ccc(NC(C)c2ccco2)cc1. The fraction of sp³-hybridized carbons (Fsp3) is 0.286. The Labute approximate surface area is 101 Å². The first-order valence-corrected chi connectivity index (χ1v) is 5.82. The van der Waals surface area contributed by atoms with Crippen LogP contribution in [-0.2, 0) is 0 Å². The maximum atomic E-state index is 5.39. The molecule has 1 aromatic carbocycles. The summed E-state index contributed by atoms with van der Waals surface area (Å²) < 4.78 is 10.7. The molecule has 2 rings (SSSR count). The average molecular weight is 231 g/mol. The van der Waals surface area contributed by atoms with E-state index in [1.807, 2.05) is 43.3 Å². The van der Waals surface area contributed by atoms with Crippen LogP contribution in [0.3, 0.4) is 0 Å². The zero-order chi connectivity index (χ0) is 12.1. The Kier molecular flexibility index (Phi) is 3.70. The Morgan fingerprint density at radius 1 is 1.24 bits per heavy atom. The highest BCUT2D eigenvalue weighted by atomic mass is 16.5. The van der Waals surface area contributed by atoms with Gasteiger partial charge < -0.3 is 14.5 Å². The van der Waals surface area contributed by atoms with Gasteiger partial charge in [0.15, 0.2) is 0 Å². The third kappa shape index (κ3) is 3.03. The van der Waals surface area contributed by atoms with E-state index in [1.165, 1.54) is 0 Å². The van der Waals surface area contributed by atoms with Crippen LogP contribution in [-0.4, -0.2) is 6.61 Å². The lowest BCUT2D eigenvalue weighted by atomic mass is 10.2. The Hall–Kier alpha value is -1.90. The molecule has 0 spiro atoms. The molecule has 0 aliphatic rings. The highest BCUT2D eigenvalue weighted by Gasteiger charge is 2.07. The van der Waals surface area contributed by atoms with Crippen molar-refractivity contribution in [2.75, 3.05) is 11.9 Å². The zero-order valence-electron chi connectivity index (χ0n) is 10.1. The third-order valence-electron chi connectivity index (χ3n) is 2.52. The van der Waals surface area contributed by atoms with Crippen molar-refractivity contribution in [2.45, 2.75) is 19.9 Å². The predicted octanol–water partition coefficient (Wildman–Crippen LogP) is 3.85. The zero-order valence-corrected chi connectivity index (χ0v) is 10.1. The van der Waals surface area contributed by atoms with Crippen molar-refractivity contribution in [1.29, 1.82) is 0 Å². The minimum absolute atomic E-state index is 0.156. The second kappa shape index (κ2) is 5.43. The van der Waals surface area contributed by atoms with Crippen LogP contribution in [0.2, 0.25) is 0 Å². The second-order valence-corrected chi connectivity index (χ2v) is 3.84. The molecule has 17 heavy (non-hydrogen) atoms. The monoisotopic (exact) mass is 231 g/mol. The Morgan fingerprint density at radius 3 is 2.59 bits per heavy atom. The predicted molar refractivity (Wildman–Crippen MR) is 68.4 cm³/mol. The van der Waals surface area contributed by atoms with Gasteiger partial charge in [-0.2, -0.15) is 0 Å². The quantitative estimate of drug-likeness (QED) is 0.848. The standard InChI is InChI=1S/C14H17NO2/c1-3-16-13-8-6-12(7-9-13)15-11(2)14-5-4-10-17-14/h4-11,15H,3H2,1-2H3. The first-order chi connectivity index (χ1) is 8.29. The van der Waals surface area contributed by atoms with E-state index in [-0.39, 0.29) is 6.04 Å². The number of ether oxygens (including phenoxy) is 1. The van der Waals surface area contributed by atoms with Gasteiger partial charge in [-0.1, -0.05) is 0 Å². The number of nitrogens with one attached hydrogen (secondary N) is 1. The van der Waals surface area contributed by atoms with Gasteiger partial charge in [-0.15, -0.1) is 0 Å². The summed E-state index contributed by atoms with van der Waals surface area (Å²) in [7, 11) is 0. The van der Waals surface area contributed by atoms with Crippen LogP contribution >= 0.6 is 0 Å². The minimum Gasteiger partial charge on any atom is -0.494 e. The minimum atomic E-state index is 0.156. The van der Waals surface area contributed by atoms with E-state index >= 15 is 0 Å². The number of hydrogen-bond acceptors (Lipinski definition) is 3.